The molecule has 27 heavy (non-hydrogen) atoms. The van der Waals surface area contributed by atoms with Crippen molar-refractivity contribution in [2.24, 2.45) is 0 Å². The first-order valence-corrected chi connectivity index (χ1v) is 9.38. The van der Waals surface area contributed by atoms with Crippen LogP contribution < -0.4 is 9.30 Å². The number of aryl methyl sites for hydroxylation is 2. The molecule has 3 aromatic rings. The molecule has 2 heterocycles. The van der Waals surface area contributed by atoms with Crippen molar-refractivity contribution in [1.29, 1.82) is 0 Å². The van der Waals surface area contributed by atoms with Crippen LogP contribution >= 0.6 is 0 Å². The summed E-state index contributed by atoms with van der Waals surface area (Å²) in [6.07, 6.45) is 6.81. The number of nitrogens with zero attached hydrogens (tertiary/aromatic N) is 2. The van der Waals surface area contributed by atoms with Gasteiger partial charge in [0.05, 0.1) is 6.54 Å². The van der Waals surface area contributed by atoms with Gasteiger partial charge in [0.25, 0.3) is 5.82 Å². The Morgan fingerprint density at radius 1 is 0.963 bits per heavy atom. The van der Waals surface area contributed by atoms with Gasteiger partial charge >= 0.3 is 6.61 Å². The Bertz CT molecular complexity index is 915. The average Bonchev–Trinajstić information content (AvgIpc) is 2.85. The zero-order valence-corrected chi connectivity index (χ0v) is 15.4. The molecule has 0 saturated heterocycles. The molecule has 0 fully saturated rings. The Morgan fingerprint density at radius 3 is 2.41 bits per heavy atom. The first-order valence-electron chi connectivity index (χ1n) is 9.38. The van der Waals surface area contributed by atoms with E-state index in [0.29, 0.717) is 0 Å². The second-order valence-electron chi connectivity index (χ2n) is 7.01. The molecular weight excluding hydrogens is 346 g/mol. The van der Waals surface area contributed by atoms with Crippen molar-refractivity contribution in [2.75, 3.05) is 0 Å². The number of aromatic nitrogens is 2. The van der Waals surface area contributed by atoms with Crippen LogP contribution in [0.25, 0.3) is 16.9 Å². The van der Waals surface area contributed by atoms with Gasteiger partial charge in [0.1, 0.15) is 17.6 Å². The highest BCUT2D eigenvalue weighted by Crippen LogP contribution is 2.28. The smallest absolute Gasteiger partial charge is 0.387 e. The lowest BCUT2D eigenvalue weighted by atomic mass is 10.1. The molecule has 0 N–H and O–H groups in total. The van der Waals surface area contributed by atoms with Gasteiger partial charge in [-0.3, -0.25) is 0 Å². The highest BCUT2D eigenvalue weighted by Gasteiger charge is 2.27. The summed E-state index contributed by atoms with van der Waals surface area (Å²) in [5, 5.41) is 0. The van der Waals surface area contributed by atoms with Crippen LogP contribution in [0, 0.1) is 6.92 Å². The Labute approximate surface area is 157 Å². The highest BCUT2D eigenvalue weighted by molar-refractivity contribution is 5.62. The van der Waals surface area contributed by atoms with Crippen molar-refractivity contribution in [3.8, 4) is 22.7 Å². The van der Waals surface area contributed by atoms with Crippen molar-refractivity contribution >= 4 is 0 Å². The fraction of sp³-hybridized carbons (Fsp3) is 0.318. The molecule has 1 aromatic heterocycles. The van der Waals surface area contributed by atoms with Crippen LogP contribution in [-0.4, -0.2) is 11.2 Å². The third-order valence-electron chi connectivity index (χ3n) is 5.08. The maximum absolute atomic E-state index is 12.4. The molecule has 0 amide bonds. The Kier molecular flexibility index (Phi) is 4.92. The summed E-state index contributed by atoms with van der Waals surface area (Å²) in [5.74, 6) is 1.47. The van der Waals surface area contributed by atoms with E-state index in [1.165, 1.54) is 30.7 Å². The summed E-state index contributed by atoms with van der Waals surface area (Å²) in [7, 11) is 0. The van der Waals surface area contributed by atoms with Crippen LogP contribution in [0.15, 0.2) is 54.7 Å². The zero-order valence-electron chi connectivity index (χ0n) is 15.4. The van der Waals surface area contributed by atoms with Gasteiger partial charge in [-0.05, 0) is 62.6 Å². The predicted octanol–water partition coefficient (Wildman–Crippen LogP) is 5.07. The summed E-state index contributed by atoms with van der Waals surface area (Å²) in [6, 6.07) is 15.4. The number of imidazole rings is 1. The number of hydrogen-bond acceptors (Lipinski definition) is 1. The summed E-state index contributed by atoms with van der Waals surface area (Å²) >= 11 is 0. The fourth-order valence-corrected chi connectivity index (χ4v) is 3.73. The lowest BCUT2D eigenvalue weighted by Crippen LogP contribution is -2.35. The van der Waals surface area contributed by atoms with E-state index in [-0.39, 0.29) is 5.75 Å². The zero-order chi connectivity index (χ0) is 18.8. The number of benzene rings is 2. The second kappa shape index (κ2) is 7.51. The van der Waals surface area contributed by atoms with Crippen molar-refractivity contribution in [3.05, 3.63) is 66.1 Å². The molecule has 4 rings (SSSR count). The Balaban J connectivity index is 1.81. The van der Waals surface area contributed by atoms with E-state index in [0.717, 1.165) is 29.9 Å². The van der Waals surface area contributed by atoms with Crippen LogP contribution in [0.3, 0.4) is 0 Å². The highest BCUT2D eigenvalue weighted by atomic mass is 19.3. The van der Waals surface area contributed by atoms with Gasteiger partial charge in [-0.1, -0.05) is 17.7 Å². The van der Waals surface area contributed by atoms with E-state index in [1.807, 2.05) is 12.1 Å². The molecule has 1 aliphatic heterocycles. The first-order chi connectivity index (χ1) is 13.1. The van der Waals surface area contributed by atoms with Crippen LogP contribution in [0.5, 0.6) is 5.75 Å². The summed E-state index contributed by atoms with van der Waals surface area (Å²) in [6.45, 7) is 0.282. The van der Waals surface area contributed by atoms with E-state index in [2.05, 4.69) is 51.3 Å². The number of fused-ring (bicyclic) bond motifs is 1. The molecule has 0 aliphatic carbocycles. The maximum Gasteiger partial charge on any atom is 0.387 e. The van der Waals surface area contributed by atoms with Gasteiger partial charge in [-0.25, -0.2) is 4.57 Å². The van der Waals surface area contributed by atoms with Gasteiger partial charge in [-0.15, -0.1) is 0 Å². The Morgan fingerprint density at radius 2 is 1.70 bits per heavy atom. The van der Waals surface area contributed by atoms with Crippen molar-refractivity contribution < 1.29 is 18.1 Å². The van der Waals surface area contributed by atoms with Crippen molar-refractivity contribution in [2.45, 2.75) is 45.8 Å². The lowest BCUT2D eigenvalue weighted by Gasteiger charge is -2.07. The monoisotopic (exact) mass is 369 g/mol. The summed E-state index contributed by atoms with van der Waals surface area (Å²) in [4.78, 5) is 0. The standard InChI is InChI=1S/C22H23F2N2O/c1-16-6-10-18(11-7-16)26-20(15-25-14-4-2-3-5-21(25)26)17-8-12-19(13-9-17)27-22(23)24/h6-13,15,22H,2-5,14H2,1H3/q+1. The van der Waals surface area contributed by atoms with Gasteiger partial charge in [0.2, 0.25) is 0 Å². The number of halogens is 2. The van der Waals surface area contributed by atoms with Gasteiger partial charge in [-0.2, -0.15) is 13.3 Å². The normalized spacial score (nSPS) is 14.1. The lowest BCUT2D eigenvalue weighted by molar-refractivity contribution is -0.702. The molecule has 1 aliphatic rings. The minimum atomic E-state index is -2.81. The van der Waals surface area contributed by atoms with Crippen LogP contribution in [0.1, 0.15) is 30.7 Å². The Hall–Kier alpha value is -2.69. The molecule has 0 bridgehead atoms. The molecular formula is C22H23F2N2O+. The molecule has 0 radical (unpaired) electrons. The number of alkyl halides is 2. The molecule has 0 spiro atoms. The van der Waals surface area contributed by atoms with E-state index in [1.54, 1.807) is 12.1 Å². The topological polar surface area (TPSA) is 18.0 Å². The number of hydrogen-bond donors (Lipinski definition) is 0. The largest absolute Gasteiger partial charge is 0.435 e. The quantitative estimate of drug-likeness (QED) is 0.587. The molecule has 0 saturated carbocycles. The number of ether oxygens (including phenoxy) is 1. The summed E-state index contributed by atoms with van der Waals surface area (Å²) < 4.78 is 34.0. The van der Waals surface area contributed by atoms with Gasteiger partial charge in [0, 0.05) is 12.0 Å². The first kappa shape index (κ1) is 17.7. The minimum Gasteiger partial charge on any atom is -0.435 e. The van der Waals surface area contributed by atoms with Crippen LogP contribution in [-0.2, 0) is 13.0 Å². The van der Waals surface area contributed by atoms with E-state index in [9.17, 15) is 8.78 Å². The van der Waals surface area contributed by atoms with E-state index >= 15 is 0 Å². The minimum absolute atomic E-state index is 0.177. The molecule has 0 atom stereocenters. The van der Waals surface area contributed by atoms with Crippen molar-refractivity contribution in [3.63, 3.8) is 0 Å². The number of rotatable bonds is 4. The SMILES string of the molecule is Cc1ccc(-n2c(-c3ccc(OC(F)F)cc3)c[n+]3c2CCCCC3)cc1. The average molecular weight is 369 g/mol. The third-order valence-corrected chi connectivity index (χ3v) is 5.08. The van der Waals surface area contributed by atoms with Crippen LogP contribution in [0.2, 0.25) is 0 Å². The molecule has 5 heteroatoms. The molecule has 3 nitrogen and oxygen atoms in total. The van der Waals surface area contributed by atoms with Crippen LogP contribution in [0.4, 0.5) is 8.78 Å². The fourth-order valence-electron chi connectivity index (χ4n) is 3.73. The second-order valence-corrected chi connectivity index (χ2v) is 7.01. The van der Waals surface area contributed by atoms with E-state index < -0.39 is 6.61 Å². The van der Waals surface area contributed by atoms with Crippen molar-refractivity contribution in [1.82, 2.24) is 4.57 Å². The molecule has 2 aromatic carbocycles. The van der Waals surface area contributed by atoms with Gasteiger partial charge in [0.15, 0.2) is 5.69 Å². The third kappa shape index (κ3) is 3.72. The van der Waals surface area contributed by atoms with E-state index in [4.69, 9.17) is 0 Å². The predicted molar refractivity (Wildman–Crippen MR) is 100 cm³/mol. The molecule has 0 unspecified atom stereocenters. The summed E-state index contributed by atoms with van der Waals surface area (Å²) in [5.41, 5.74) is 4.40. The maximum atomic E-state index is 12.4. The van der Waals surface area contributed by atoms with Gasteiger partial charge < -0.3 is 4.74 Å². The molecule has 140 valence electrons.